The van der Waals surface area contributed by atoms with Crippen molar-refractivity contribution in [3.05, 3.63) is 24.0 Å². The van der Waals surface area contributed by atoms with Gasteiger partial charge in [-0.15, -0.1) is 0 Å². The highest BCUT2D eigenvalue weighted by molar-refractivity contribution is 5.99. The van der Waals surface area contributed by atoms with E-state index in [0.717, 1.165) is 0 Å². The predicted molar refractivity (Wildman–Crippen MR) is 110 cm³/mol. The Morgan fingerprint density at radius 2 is 2.00 bits per heavy atom. The predicted octanol–water partition coefficient (Wildman–Crippen LogP) is 1.03. The smallest absolute Gasteiger partial charge is 0.374 e. The zero-order chi connectivity index (χ0) is 21.9. The van der Waals surface area contributed by atoms with Gasteiger partial charge in [-0.2, -0.15) is 0 Å². The van der Waals surface area contributed by atoms with E-state index in [9.17, 15) is 14.4 Å². The minimum atomic E-state index is -0.979. The lowest BCUT2D eigenvalue weighted by Crippen LogP contribution is -2.45. The number of carbonyl (C=O) groups excluding carboxylic acids is 3. The van der Waals surface area contributed by atoms with E-state index in [2.05, 4.69) is 15.3 Å². The molecule has 1 fully saturated rings. The summed E-state index contributed by atoms with van der Waals surface area (Å²) in [6, 6.07) is 3.99. The number of nitrogens with zero attached hydrogens (tertiary/aromatic N) is 2. The van der Waals surface area contributed by atoms with Crippen molar-refractivity contribution < 1.29 is 23.9 Å². The molecule has 2 heterocycles. The Morgan fingerprint density at radius 3 is 2.67 bits per heavy atom. The van der Waals surface area contributed by atoms with Crippen molar-refractivity contribution in [2.24, 2.45) is 5.73 Å². The average molecular weight is 417 g/mol. The van der Waals surface area contributed by atoms with Gasteiger partial charge in [0, 0.05) is 18.8 Å². The molecule has 0 saturated carbocycles. The number of nitrogens with one attached hydrogen (secondary N) is 2. The van der Waals surface area contributed by atoms with Crippen LogP contribution in [0.3, 0.4) is 0 Å². The number of hydrogen-bond donors (Lipinski definition) is 3. The molecule has 10 heteroatoms. The van der Waals surface area contributed by atoms with Crippen molar-refractivity contribution in [1.82, 2.24) is 14.9 Å². The Bertz CT molecular complexity index is 943. The molecular formula is C20H27N5O5. The molecule has 10 nitrogen and oxygen atoms in total. The van der Waals surface area contributed by atoms with Crippen LogP contribution in [0.15, 0.2) is 18.2 Å². The number of anilines is 1. The van der Waals surface area contributed by atoms with Gasteiger partial charge in [0.1, 0.15) is 5.60 Å². The zero-order valence-corrected chi connectivity index (χ0v) is 17.4. The SMILES string of the molecule is CC(C)(C)OC(=O)c1nc2cc(NC(=O)[C@@H](N)CC(=O)N3CCOCC3)ccc2[nH]1. The van der Waals surface area contributed by atoms with E-state index in [1.165, 1.54) is 0 Å². The first kappa shape index (κ1) is 21.7. The number of rotatable bonds is 5. The topological polar surface area (TPSA) is 140 Å². The van der Waals surface area contributed by atoms with Crippen LogP contribution in [0.2, 0.25) is 0 Å². The number of carbonyl (C=O) groups is 3. The number of nitrogens with two attached hydrogens (primary N) is 1. The van der Waals surface area contributed by atoms with Crippen molar-refractivity contribution in [3.63, 3.8) is 0 Å². The van der Waals surface area contributed by atoms with E-state index >= 15 is 0 Å². The maximum absolute atomic E-state index is 12.4. The van der Waals surface area contributed by atoms with Gasteiger partial charge in [-0.1, -0.05) is 0 Å². The average Bonchev–Trinajstić information content (AvgIpc) is 3.11. The lowest BCUT2D eigenvalue weighted by Gasteiger charge is -2.27. The highest BCUT2D eigenvalue weighted by Crippen LogP contribution is 2.19. The van der Waals surface area contributed by atoms with Gasteiger partial charge >= 0.3 is 5.97 Å². The molecule has 0 radical (unpaired) electrons. The first-order valence-corrected chi connectivity index (χ1v) is 9.77. The summed E-state index contributed by atoms with van der Waals surface area (Å²) in [4.78, 5) is 45.6. The van der Waals surface area contributed by atoms with E-state index in [0.29, 0.717) is 43.0 Å². The molecule has 4 N–H and O–H groups in total. The van der Waals surface area contributed by atoms with E-state index in [4.69, 9.17) is 15.2 Å². The fraction of sp³-hybridized carbons (Fsp3) is 0.500. The number of H-pyrrole nitrogens is 1. The molecular weight excluding hydrogens is 390 g/mol. The Hall–Kier alpha value is -2.98. The minimum Gasteiger partial charge on any atom is -0.454 e. The van der Waals surface area contributed by atoms with Crippen molar-refractivity contribution in [1.29, 1.82) is 0 Å². The van der Waals surface area contributed by atoms with Crippen LogP contribution in [0.25, 0.3) is 11.0 Å². The van der Waals surface area contributed by atoms with Gasteiger partial charge in [0.25, 0.3) is 0 Å². The Balaban J connectivity index is 1.62. The highest BCUT2D eigenvalue weighted by Gasteiger charge is 2.24. The first-order chi connectivity index (χ1) is 14.1. The van der Waals surface area contributed by atoms with Crippen LogP contribution in [0.5, 0.6) is 0 Å². The molecule has 1 aromatic carbocycles. The molecule has 0 unspecified atom stereocenters. The van der Waals surface area contributed by atoms with Crippen LogP contribution in [0.4, 0.5) is 5.69 Å². The second kappa shape index (κ2) is 8.80. The van der Waals surface area contributed by atoms with Gasteiger partial charge in [0.2, 0.25) is 17.6 Å². The second-order valence-corrected chi connectivity index (χ2v) is 8.11. The van der Waals surface area contributed by atoms with Gasteiger partial charge < -0.3 is 30.4 Å². The lowest BCUT2D eigenvalue weighted by atomic mass is 10.1. The molecule has 0 spiro atoms. The Labute approximate surface area is 174 Å². The second-order valence-electron chi connectivity index (χ2n) is 8.11. The summed E-state index contributed by atoms with van der Waals surface area (Å²) in [6.45, 7) is 7.30. The third-order valence-corrected chi connectivity index (χ3v) is 4.44. The molecule has 30 heavy (non-hydrogen) atoms. The summed E-state index contributed by atoms with van der Waals surface area (Å²) < 4.78 is 10.5. The number of amides is 2. The summed E-state index contributed by atoms with van der Waals surface area (Å²) >= 11 is 0. The molecule has 2 aromatic rings. The monoisotopic (exact) mass is 417 g/mol. The van der Waals surface area contributed by atoms with Gasteiger partial charge in [0.05, 0.1) is 36.7 Å². The summed E-state index contributed by atoms with van der Waals surface area (Å²) in [5.74, 6) is -1.13. The third kappa shape index (κ3) is 5.55. The van der Waals surface area contributed by atoms with Gasteiger partial charge in [-0.3, -0.25) is 9.59 Å². The number of fused-ring (bicyclic) bond motifs is 1. The van der Waals surface area contributed by atoms with Gasteiger partial charge in [0.15, 0.2) is 0 Å². The van der Waals surface area contributed by atoms with Crippen molar-refractivity contribution in [2.45, 2.75) is 38.8 Å². The van der Waals surface area contributed by atoms with Crippen LogP contribution in [0, 0.1) is 0 Å². The molecule has 1 aliphatic heterocycles. The number of benzene rings is 1. The van der Waals surface area contributed by atoms with E-state index in [1.54, 1.807) is 43.9 Å². The third-order valence-electron chi connectivity index (χ3n) is 4.44. The standard InChI is InChI=1S/C20H27N5O5/c1-20(2,3)30-19(28)17-23-14-5-4-12(10-15(14)24-17)22-18(27)13(21)11-16(26)25-6-8-29-9-7-25/h4-5,10,13H,6-9,11,21H2,1-3H3,(H,22,27)(H,23,24)/t13-/m0/s1. The van der Waals surface area contributed by atoms with E-state index in [-0.39, 0.29) is 18.2 Å². The number of ether oxygens (including phenoxy) is 2. The minimum absolute atomic E-state index is 0.0798. The summed E-state index contributed by atoms with van der Waals surface area (Å²) in [5.41, 5.74) is 6.86. The normalized spacial score (nSPS) is 15.7. The molecule has 1 aliphatic rings. The molecule has 0 bridgehead atoms. The van der Waals surface area contributed by atoms with Crippen LogP contribution < -0.4 is 11.1 Å². The number of aromatic amines is 1. The van der Waals surface area contributed by atoms with Crippen LogP contribution in [0.1, 0.15) is 37.8 Å². The summed E-state index contributed by atoms with van der Waals surface area (Å²) in [5, 5.41) is 2.69. The molecule has 162 valence electrons. The van der Waals surface area contributed by atoms with Gasteiger partial charge in [-0.25, -0.2) is 9.78 Å². The summed E-state index contributed by atoms with van der Waals surface area (Å²) in [6.07, 6.45) is -0.0841. The van der Waals surface area contributed by atoms with Crippen LogP contribution in [-0.2, 0) is 19.1 Å². The lowest BCUT2D eigenvalue weighted by molar-refractivity contribution is -0.137. The number of aromatic nitrogens is 2. The largest absolute Gasteiger partial charge is 0.454 e. The number of morpholine rings is 1. The van der Waals surface area contributed by atoms with E-state index < -0.39 is 23.5 Å². The number of esters is 1. The first-order valence-electron chi connectivity index (χ1n) is 9.77. The Kier molecular flexibility index (Phi) is 6.37. The molecule has 1 saturated heterocycles. The maximum atomic E-state index is 12.4. The van der Waals surface area contributed by atoms with Crippen LogP contribution in [-0.4, -0.2) is 70.6 Å². The molecule has 1 atom stereocenters. The fourth-order valence-electron chi connectivity index (χ4n) is 2.96. The number of hydrogen-bond acceptors (Lipinski definition) is 7. The van der Waals surface area contributed by atoms with Crippen molar-refractivity contribution >= 4 is 34.5 Å². The maximum Gasteiger partial charge on any atom is 0.374 e. The fourth-order valence-corrected chi connectivity index (χ4v) is 2.96. The zero-order valence-electron chi connectivity index (χ0n) is 17.4. The molecule has 0 aliphatic carbocycles. The van der Waals surface area contributed by atoms with Gasteiger partial charge in [-0.05, 0) is 39.0 Å². The molecule has 3 rings (SSSR count). The van der Waals surface area contributed by atoms with Crippen LogP contribution >= 0.6 is 0 Å². The number of imidazole rings is 1. The Morgan fingerprint density at radius 1 is 1.30 bits per heavy atom. The summed E-state index contributed by atoms with van der Waals surface area (Å²) in [7, 11) is 0. The highest BCUT2D eigenvalue weighted by atomic mass is 16.6. The van der Waals surface area contributed by atoms with Crippen molar-refractivity contribution in [3.8, 4) is 0 Å². The quantitative estimate of drug-likeness (QED) is 0.617. The van der Waals surface area contributed by atoms with E-state index in [1.807, 2.05) is 0 Å². The molecule has 1 aromatic heterocycles. The van der Waals surface area contributed by atoms with Crippen molar-refractivity contribution in [2.75, 3.05) is 31.6 Å². The molecule has 2 amide bonds.